The Hall–Kier alpha value is -1.10. The van der Waals surface area contributed by atoms with Crippen molar-refractivity contribution in [2.24, 2.45) is 0 Å². The fraction of sp³-hybridized carbons (Fsp3) is 0.562. The van der Waals surface area contributed by atoms with E-state index >= 15 is 0 Å². The molecule has 1 aromatic carbocycles. The topological polar surface area (TPSA) is 52.6 Å². The Labute approximate surface area is 131 Å². The van der Waals surface area contributed by atoms with Gasteiger partial charge in [-0.15, -0.1) is 0 Å². The number of carbonyl (C=O) groups is 1. The van der Waals surface area contributed by atoms with Crippen molar-refractivity contribution in [2.75, 3.05) is 19.7 Å². The minimum atomic E-state index is 0.00764. The highest BCUT2D eigenvalue weighted by Crippen LogP contribution is 2.20. The van der Waals surface area contributed by atoms with E-state index in [-0.39, 0.29) is 18.6 Å². The Kier molecular flexibility index (Phi) is 6.03. The van der Waals surface area contributed by atoms with Gasteiger partial charge < -0.3 is 15.3 Å². The van der Waals surface area contributed by atoms with Crippen LogP contribution in [0.3, 0.4) is 0 Å². The summed E-state index contributed by atoms with van der Waals surface area (Å²) in [5, 5.41) is 13.2. The molecule has 1 aliphatic rings. The minimum absolute atomic E-state index is 0.00764. The highest BCUT2D eigenvalue weighted by molar-refractivity contribution is 6.33. The van der Waals surface area contributed by atoms with Gasteiger partial charge in [0, 0.05) is 25.2 Å². The maximum Gasteiger partial charge on any atom is 0.255 e. The molecule has 1 atom stereocenters. The molecule has 1 unspecified atom stereocenters. The number of amides is 1. The van der Waals surface area contributed by atoms with Crippen LogP contribution in [0.2, 0.25) is 5.02 Å². The van der Waals surface area contributed by atoms with Crippen molar-refractivity contribution in [2.45, 2.75) is 38.3 Å². The summed E-state index contributed by atoms with van der Waals surface area (Å²) in [5.74, 6) is 0.00764. The number of benzene rings is 1. The number of nitrogens with one attached hydrogen (secondary N) is 1. The monoisotopic (exact) mass is 310 g/mol. The first-order valence-electron chi connectivity index (χ1n) is 7.56. The molecule has 0 aromatic heterocycles. The van der Waals surface area contributed by atoms with Crippen LogP contribution in [0.25, 0.3) is 0 Å². The third-order valence-electron chi connectivity index (χ3n) is 4.07. The van der Waals surface area contributed by atoms with Crippen LogP contribution in [0, 0.1) is 0 Å². The fourth-order valence-corrected chi connectivity index (χ4v) is 2.90. The normalized spacial score (nSPS) is 17.8. The second-order valence-corrected chi connectivity index (χ2v) is 5.91. The molecule has 1 saturated heterocycles. The minimum Gasteiger partial charge on any atom is -0.395 e. The van der Waals surface area contributed by atoms with Gasteiger partial charge in [0.25, 0.3) is 5.91 Å². The SMILES string of the molecule is CCC(CO)NC1CCN(C(=O)c2ccccc2Cl)CC1. The molecule has 0 saturated carbocycles. The second-order valence-electron chi connectivity index (χ2n) is 5.50. The van der Waals surface area contributed by atoms with Crippen molar-refractivity contribution < 1.29 is 9.90 Å². The molecule has 0 radical (unpaired) electrons. The van der Waals surface area contributed by atoms with Crippen molar-refractivity contribution in [1.82, 2.24) is 10.2 Å². The predicted octanol–water partition coefficient (Wildman–Crippen LogP) is 2.31. The smallest absolute Gasteiger partial charge is 0.255 e. The van der Waals surface area contributed by atoms with Crippen LogP contribution in [0.4, 0.5) is 0 Å². The number of hydrogen-bond donors (Lipinski definition) is 2. The molecule has 1 fully saturated rings. The lowest BCUT2D eigenvalue weighted by Crippen LogP contribution is -2.48. The van der Waals surface area contributed by atoms with E-state index in [0.29, 0.717) is 16.6 Å². The third-order valence-corrected chi connectivity index (χ3v) is 4.40. The standard InChI is InChI=1S/C16H23ClN2O2/c1-2-12(11-20)18-13-7-9-19(10-8-13)16(21)14-5-3-4-6-15(14)17/h3-6,12-13,18,20H,2,7-11H2,1H3. The van der Waals surface area contributed by atoms with E-state index in [9.17, 15) is 9.90 Å². The van der Waals surface area contributed by atoms with E-state index in [2.05, 4.69) is 12.2 Å². The molecule has 5 heteroatoms. The first-order chi connectivity index (χ1) is 10.2. The van der Waals surface area contributed by atoms with E-state index in [4.69, 9.17) is 11.6 Å². The number of nitrogens with zero attached hydrogens (tertiary/aromatic N) is 1. The van der Waals surface area contributed by atoms with Gasteiger partial charge >= 0.3 is 0 Å². The van der Waals surface area contributed by atoms with Crippen molar-refractivity contribution >= 4 is 17.5 Å². The molecule has 0 bridgehead atoms. The molecule has 0 spiro atoms. The maximum atomic E-state index is 12.4. The van der Waals surface area contributed by atoms with Gasteiger partial charge in [-0.2, -0.15) is 0 Å². The zero-order valence-corrected chi connectivity index (χ0v) is 13.1. The summed E-state index contributed by atoms with van der Waals surface area (Å²) in [4.78, 5) is 14.3. The number of hydrogen-bond acceptors (Lipinski definition) is 3. The Balaban J connectivity index is 1.89. The van der Waals surface area contributed by atoms with Gasteiger partial charge in [-0.25, -0.2) is 0 Å². The molecule has 1 aliphatic heterocycles. The Morgan fingerprint density at radius 2 is 2.10 bits per heavy atom. The van der Waals surface area contributed by atoms with Crippen LogP contribution in [-0.2, 0) is 0 Å². The number of halogens is 1. The molecule has 2 rings (SSSR count). The molecule has 4 nitrogen and oxygen atoms in total. The summed E-state index contributed by atoms with van der Waals surface area (Å²) in [5.41, 5.74) is 0.576. The summed E-state index contributed by atoms with van der Waals surface area (Å²) in [6.07, 6.45) is 2.73. The number of likely N-dealkylation sites (tertiary alicyclic amines) is 1. The number of rotatable bonds is 5. The average Bonchev–Trinajstić information content (AvgIpc) is 2.53. The van der Waals surface area contributed by atoms with Crippen molar-refractivity contribution in [3.05, 3.63) is 34.9 Å². The summed E-state index contributed by atoms with van der Waals surface area (Å²) in [6.45, 7) is 3.67. The van der Waals surface area contributed by atoms with E-state index in [0.717, 1.165) is 32.4 Å². The molecule has 116 valence electrons. The quantitative estimate of drug-likeness (QED) is 0.877. The predicted molar refractivity (Wildman–Crippen MR) is 84.7 cm³/mol. The van der Waals surface area contributed by atoms with Gasteiger partial charge in [0.1, 0.15) is 0 Å². The maximum absolute atomic E-state index is 12.4. The van der Waals surface area contributed by atoms with Gasteiger partial charge in [0.05, 0.1) is 17.2 Å². The van der Waals surface area contributed by atoms with Crippen molar-refractivity contribution in [1.29, 1.82) is 0 Å². The lowest BCUT2D eigenvalue weighted by Gasteiger charge is -2.34. The molecular weight excluding hydrogens is 288 g/mol. The van der Waals surface area contributed by atoms with Gasteiger partial charge in [-0.1, -0.05) is 30.7 Å². The van der Waals surface area contributed by atoms with Crippen LogP contribution in [0.1, 0.15) is 36.5 Å². The largest absolute Gasteiger partial charge is 0.395 e. The van der Waals surface area contributed by atoms with Gasteiger partial charge in [-0.05, 0) is 31.4 Å². The van der Waals surface area contributed by atoms with E-state index in [1.165, 1.54) is 0 Å². The van der Waals surface area contributed by atoms with Crippen LogP contribution in [0.5, 0.6) is 0 Å². The molecule has 1 amide bonds. The van der Waals surface area contributed by atoms with E-state index in [1.807, 2.05) is 17.0 Å². The summed E-state index contributed by atoms with van der Waals surface area (Å²) >= 11 is 6.09. The summed E-state index contributed by atoms with van der Waals surface area (Å²) in [6, 6.07) is 7.71. The molecule has 2 N–H and O–H groups in total. The molecule has 21 heavy (non-hydrogen) atoms. The number of aliphatic hydroxyl groups is 1. The van der Waals surface area contributed by atoms with Crippen LogP contribution < -0.4 is 5.32 Å². The number of carbonyl (C=O) groups excluding carboxylic acids is 1. The Bertz CT molecular complexity index is 469. The van der Waals surface area contributed by atoms with Crippen LogP contribution in [0.15, 0.2) is 24.3 Å². The average molecular weight is 311 g/mol. The lowest BCUT2D eigenvalue weighted by molar-refractivity contribution is 0.0697. The van der Waals surface area contributed by atoms with Crippen molar-refractivity contribution in [3.8, 4) is 0 Å². The van der Waals surface area contributed by atoms with E-state index in [1.54, 1.807) is 12.1 Å². The second kappa shape index (κ2) is 7.78. The van der Waals surface area contributed by atoms with E-state index < -0.39 is 0 Å². The Morgan fingerprint density at radius 3 is 2.67 bits per heavy atom. The molecule has 1 aromatic rings. The van der Waals surface area contributed by atoms with Crippen LogP contribution >= 0.6 is 11.6 Å². The Morgan fingerprint density at radius 1 is 1.43 bits per heavy atom. The van der Waals surface area contributed by atoms with Gasteiger partial charge in [-0.3, -0.25) is 4.79 Å². The highest BCUT2D eigenvalue weighted by atomic mass is 35.5. The van der Waals surface area contributed by atoms with Gasteiger partial charge in [0.15, 0.2) is 0 Å². The molecular formula is C16H23ClN2O2. The first kappa shape index (κ1) is 16.3. The zero-order chi connectivity index (χ0) is 15.2. The highest BCUT2D eigenvalue weighted by Gasteiger charge is 2.25. The number of aliphatic hydroxyl groups excluding tert-OH is 1. The lowest BCUT2D eigenvalue weighted by atomic mass is 10.0. The molecule has 0 aliphatic carbocycles. The number of piperidine rings is 1. The van der Waals surface area contributed by atoms with Crippen LogP contribution in [-0.4, -0.2) is 47.7 Å². The summed E-state index contributed by atoms with van der Waals surface area (Å²) < 4.78 is 0. The zero-order valence-electron chi connectivity index (χ0n) is 12.4. The summed E-state index contributed by atoms with van der Waals surface area (Å²) in [7, 11) is 0. The van der Waals surface area contributed by atoms with Crippen molar-refractivity contribution in [3.63, 3.8) is 0 Å². The third kappa shape index (κ3) is 4.19. The first-order valence-corrected chi connectivity index (χ1v) is 7.94. The molecule has 1 heterocycles. The fourth-order valence-electron chi connectivity index (χ4n) is 2.69. The van der Waals surface area contributed by atoms with Gasteiger partial charge in [0.2, 0.25) is 0 Å².